The van der Waals surface area contributed by atoms with Crippen LogP contribution < -0.4 is 4.90 Å². The molecule has 6 nitrogen and oxygen atoms in total. The molecule has 5 aromatic carbocycles. The number of carboxylic acid groups (broad SMARTS) is 1. The Morgan fingerprint density at radius 1 is 0.522 bits per heavy atom. The molecule has 1 saturated heterocycles. The lowest BCUT2D eigenvalue weighted by atomic mass is 9.59. The van der Waals surface area contributed by atoms with Gasteiger partial charge in [-0.2, -0.15) is 0 Å². The summed E-state index contributed by atoms with van der Waals surface area (Å²) in [5, 5.41) is 9.49. The van der Waals surface area contributed by atoms with Crippen LogP contribution in [0, 0.1) is 11.8 Å². The number of Topliss-reactive ketones (excluding diaryl/α,β-unsaturated/α-hetero) is 1. The molecule has 0 aromatic heterocycles. The molecule has 2 fully saturated rings. The minimum atomic E-state index is -1.49. The molecule has 2 bridgehead atoms. The van der Waals surface area contributed by atoms with E-state index >= 15 is 4.79 Å². The number of allylic oxidation sites excluding steroid dienone is 2. The first kappa shape index (κ1) is 27.7. The molecular formula is C40H27NO5. The van der Waals surface area contributed by atoms with Crippen LogP contribution in [0.4, 0.5) is 5.69 Å². The highest BCUT2D eigenvalue weighted by Gasteiger charge is 2.82. The highest BCUT2D eigenvalue weighted by molar-refractivity contribution is 6.39. The number of nitrogens with zero attached hydrogens (tertiary/aromatic N) is 1. The number of carbonyl (C=O) groups excluding carboxylic acids is 3. The number of ketones is 1. The van der Waals surface area contributed by atoms with Crippen molar-refractivity contribution in [2.75, 3.05) is 4.90 Å². The third-order valence-electron chi connectivity index (χ3n) is 9.95. The second-order valence-corrected chi connectivity index (χ2v) is 12.0. The van der Waals surface area contributed by atoms with Crippen LogP contribution in [-0.4, -0.2) is 28.7 Å². The van der Waals surface area contributed by atoms with E-state index in [-0.39, 0.29) is 17.0 Å². The average molecular weight is 602 g/mol. The lowest BCUT2D eigenvalue weighted by Crippen LogP contribution is -2.45. The highest BCUT2D eigenvalue weighted by atomic mass is 16.4. The van der Waals surface area contributed by atoms with Crippen LogP contribution in [0.2, 0.25) is 0 Å². The molecular weight excluding hydrogens is 574 g/mol. The van der Waals surface area contributed by atoms with Crippen molar-refractivity contribution in [1.82, 2.24) is 0 Å². The monoisotopic (exact) mass is 601 g/mol. The second kappa shape index (κ2) is 10.1. The summed E-state index contributed by atoms with van der Waals surface area (Å²) in [5.74, 6) is -4.34. The maximum atomic E-state index is 15.8. The summed E-state index contributed by atoms with van der Waals surface area (Å²) in [6.45, 7) is 0. The smallest absolute Gasteiger partial charge is 0.335 e. The van der Waals surface area contributed by atoms with Gasteiger partial charge in [0.25, 0.3) is 0 Å². The summed E-state index contributed by atoms with van der Waals surface area (Å²) in [7, 11) is 0. The number of hydrogen-bond donors (Lipinski definition) is 1. The largest absolute Gasteiger partial charge is 0.478 e. The Hall–Kier alpha value is -5.88. The van der Waals surface area contributed by atoms with Crippen molar-refractivity contribution in [3.05, 3.63) is 173 Å². The highest BCUT2D eigenvalue weighted by Crippen LogP contribution is 2.74. The Balaban J connectivity index is 1.52. The van der Waals surface area contributed by atoms with Crippen LogP contribution in [-0.2, 0) is 25.2 Å². The lowest BCUT2D eigenvalue weighted by molar-refractivity contribution is -0.130. The molecule has 3 aliphatic rings. The standard InChI is InChI=1S/C40H27NO5/c42-35-33-34(36(43)41(35)30-23-21-27(22-24-30)37(44)45)40(29-19-11-4-12-20-29)32(26-15-7-2-8-16-26)31(25-13-5-1-6-14-25)39(33,38(40)46)28-17-9-3-10-18-28/h1-24,33-34H,(H,44,45)/t33-,34+,39-,40-/m0/s1. The summed E-state index contributed by atoms with van der Waals surface area (Å²) < 4.78 is 0. The zero-order valence-electron chi connectivity index (χ0n) is 24.5. The number of carboxylic acids is 1. The lowest BCUT2D eigenvalue weighted by Gasteiger charge is -2.39. The van der Waals surface area contributed by atoms with Gasteiger partial charge < -0.3 is 5.11 Å². The predicted octanol–water partition coefficient (Wildman–Crippen LogP) is 6.57. The van der Waals surface area contributed by atoms with Crippen molar-refractivity contribution in [2.24, 2.45) is 11.8 Å². The Labute approximate surface area is 265 Å². The van der Waals surface area contributed by atoms with E-state index in [1.165, 1.54) is 29.2 Å². The number of aromatic carboxylic acids is 1. The van der Waals surface area contributed by atoms with Gasteiger partial charge in [0.15, 0.2) is 5.78 Å². The van der Waals surface area contributed by atoms with Gasteiger partial charge in [-0.25, -0.2) is 9.69 Å². The maximum Gasteiger partial charge on any atom is 0.335 e. The van der Waals surface area contributed by atoms with Gasteiger partial charge in [0.1, 0.15) is 0 Å². The molecule has 2 amide bonds. The molecule has 1 N–H and O–H groups in total. The van der Waals surface area contributed by atoms with E-state index in [2.05, 4.69) is 0 Å². The van der Waals surface area contributed by atoms with E-state index in [1.807, 2.05) is 121 Å². The number of rotatable bonds is 6. The molecule has 46 heavy (non-hydrogen) atoms. The number of benzene rings is 5. The van der Waals surface area contributed by atoms with Crippen LogP contribution in [0.3, 0.4) is 0 Å². The van der Waals surface area contributed by atoms with Crippen LogP contribution in [0.1, 0.15) is 32.6 Å². The van der Waals surface area contributed by atoms with Crippen LogP contribution in [0.15, 0.2) is 146 Å². The van der Waals surface area contributed by atoms with Crippen molar-refractivity contribution in [2.45, 2.75) is 10.8 Å². The second-order valence-electron chi connectivity index (χ2n) is 12.0. The van der Waals surface area contributed by atoms with Crippen LogP contribution >= 0.6 is 0 Å². The minimum absolute atomic E-state index is 0.0409. The molecule has 1 aliphatic heterocycles. The van der Waals surface area contributed by atoms with Crippen molar-refractivity contribution in [3.8, 4) is 0 Å². The summed E-state index contributed by atoms with van der Waals surface area (Å²) >= 11 is 0. The average Bonchev–Trinajstić information content (AvgIpc) is 3.62. The molecule has 4 atom stereocenters. The Bertz CT molecular complexity index is 1950. The molecule has 1 heterocycles. The van der Waals surface area contributed by atoms with Gasteiger partial charge in [0.2, 0.25) is 11.8 Å². The molecule has 222 valence electrons. The quantitative estimate of drug-likeness (QED) is 0.222. The predicted molar refractivity (Wildman–Crippen MR) is 174 cm³/mol. The fourth-order valence-electron chi connectivity index (χ4n) is 8.34. The first-order valence-electron chi connectivity index (χ1n) is 15.2. The summed E-state index contributed by atoms with van der Waals surface area (Å²) in [6, 6.07) is 43.9. The number of hydrogen-bond acceptors (Lipinski definition) is 4. The summed E-state index contributed by atoms with van der Waals surface area (Å²) in [5.41, 5.74) is 1.71. The molecule has 0 spiro atoms. The topological polar surface area (TPSA) is 91.8 Å². The Morgan fingerprint density at radius 3 is 1.26 bits per heavy atom. The molecule has 8 rings (SSSR count). The van der Waals surface area contributed by atoms with E-state index in [0.29, 0.717) is 11.1 Å². The molecule has 5 aromatic rings. The van der Waals surface area contributed by atoms with Gasteiger partial charge in [0.05, 0.1) is 33.9 Å². The van der Waals surface area contributed by atoms with E-state index in [9.17, 15) is 19.5 Å². The first-order valence-corrected chi connectivity index (χ1v) is 15.2. The van der Waals surface area contributed by atoms with E-state index in [1.54, 1.807) is 0 Å². The van der Waals surface area contributed by atoms with Crippen LogP contribution in [0.5, 0.6) is 0 Å². The fourth-order valence-corrected chi connectivity index (χ4v) is 8.34. The fraction of sp³-hybridized carbons (Fsp3) is 0.100. The molecule has 1 saturated carbocycles. The van der Waals surface area contributed by atoms with Crippen molar-refractivity contribution < 1.29 is 24.3 Å². The van der Waals surface area contributed by atoms with Crippen molar-refractivity contribution in [3.63, 3.8) is 0 Å². The van der Waals surface area contributed by atoms with E-state index < -0.39 is 40.4 Å². The minimum Gasteiger partial charge on any atom is -0.478 e. The first-order chi connectivity index (χ1) is 22.4. The van der Waals surface area contributed by atoms with Gasteiger partial charge in [-0.05, 0) is 57.7 Å². The zero-order chi connectivity index (χ0) is 31.6. The number of amides is 2. The normalized spacial score (nSPS) is 24.9. The molecule has 6 heteroatoms. The number of fused-ring (bicyclic) bond motifs is 5. The number of carbonyl (C=O) groups is 4. The third-order valence-corrected chi connectivity index (χ3v) is 9.95. The summed E-state index contributed by atoms with van der Waals surface area (Å²) in [6.07, 6.45) is 0. The SMILES string of the molecule is O=C(O)c1ccc(N2C(=O)[C@@H]3[C@H](C2=O)[C@@]2(c4ccccc4)C(=O)[C@@]3(c3ccccc3)C(c3ccccc3)=C2c2ccccc2)cc1. The number of anilines is 1. The van der Waals surface area contributed by atoms with Crippen molar-refractivity contribution in [1.29, 1.82) is 0 Å². The van der Waals surface area contributed by atoms with Crippen LogP contribution in [0.25, 0.3) is 11.1 Å². The van der Waals surface area contributed by atoms with Gasteiger partial charge in [-0.1, -0.05) is 121 Å². The maximum absolute atomic E-state index is 15.8. The number of imide groups is 1. The van der Waals surface area contributed by atoms with Gasteiger partial charge in [-0.3, -0.25) is 14.4 Å². The van der Waals surface area contributed by atoms with E-state index in [0.717, 1.165) is 22.3 Å². The molecule has 0 unspecified atom stereocenters. The molecule has 0 radical (unpaired) electrons. The molecule has 2 aliphatic carbocycles. The van der Waals surface area contributed by atoms with Gasteiger partial charge >= 0.3 is 5.97 Å². The van der Waals surface area contributed by atoms with E-state index in [4.69, 9.17) is 0 Å². The Morgan fingerprint density at radius 2 is 0.891 bits per heavy atom. The Kier molecular flexibility index (Phi) is 6.06. The zero-order valence-corrected chi connectivity index (χ0v) is 24.5. The third kappa shape index (κ3) is 3.41. The summed E-state index contributed by atoms with van der Waals surface area (Å²) in [4.78, 5) is 58.5. The van der Waals surface area contributed by atoms with Gasteiger partial charge in [0, 0.05) is 0 Å². The van der Waals surface area contributed by atoms with Crippen molar-refractivity contribution >= 4 is 40.4 Å². The van der Waals surface area contributed by atoms with Gasteiger partial charge in [-0.15, -0.1) is 0 Å².